The Labute approximate surface area is 94.4 Å². The van der Waals surface area contributed by atoms with E-state index < -0.39 is 6.09 Å². The van der Waals surface area contributed by atoms with Crippen LogP contribution in [0.25, 0.3) is 0 Å². The number of carbonyl (C=O) groups excluding carboxylic acids is 1. The summed E-state index contributed by atoms with van der Waals surface area (Å²) in [7, 11) is 0. The topological polar surface area (TPSA) is 75.1 Å². The minimum absolute atomic E-state index is 0.0250. The number of nitrogens with one attached hydrogen (secondary N) is 2. The van der Waals surface area contributed by atoms with Gasteiger partial charge in [0.25, 0.3) is 0 Å². The highest BCUT2D eigenvalue weighted by Crippen LogP contribution is 1.95. The lowest BCUT2D eigenvalue weighted by Gasteiger charge is -2.06. The molecule has 0 atom stereocenters. The Balaban J connectivity index is 2.37. The molecule has 5 heteroatoms. The van der Waals surface area contributed by atoms with Crippen LogP contribution in [-0.2, 0) is 4.74 Å². The Morgan fingerprint density at radius 2 is 2.50 bits per heavy atom. The molecule has 1 aromatic rings. The number of hydrogen-bond donors (Lipinski definition) is 2. The molecule has 85 valence electrons. The van der Waals surface area contributed by atoms with Crippen LogP contribution in [0.5, 0.6) is 0 Å². The fraction of sp³-hybridized carbons (Fsp3) is 0.364. The zero-order valence-corrected chi connectivity index (χ0v) is 9.12. The Kier molecular flexibility index (Phi) is 4.98. The van der Waals surface area contributed by atoms with Gasteiger partial charge in [0.05, 0.1) is 12.8 Å². The van der Waals surface area contributed by atoms with E-state index in [9.17, 15) is 4.79 Å². The fourth-order valence-electron chi connectivity index (χ4n) is 0.987. The maximum atomic E-state index is 11.2. The number of ether oxygens (including phenoxy) is 1. The molecular weight excluding hydrogens is 206 g/mol. The first kappa shape index (κ1) is 12.2. The molecule has 1 rings (SSSR count). The summed E-state index contributed by atoms with van der Waals surface area (Å²) >= 11 is 0. The SMILES string of the molecule is CCCCOC(=O)NC(=N)c1cc[c]nc1. The van der Waals surface area contributed by atoms with E-state index in [2.05, 4.69) is 16.5 Å². The smallest absolute Gasteiger partial charge is 0.412 e. The molecule has 0 saturated carbocycles. The first-order chi connectivity index (χ1) is 7.74. The van der Waals surface area contributed by atoms with E-state index in [4.69, 9.17) is 10.1 Å². The maximum Gasteiger partial charge on any atom is 0.412 e. The molecule has 0 aliphatic heterocycles. The Hall–Kier alpha value is -1.91. The summed E-state index contributed by atoms with van der Waals surface area (Å²) in [6.45, 7) is 2.38. The van der Waals surface area contributed by atoms with E-state index >= 15 is 0 Å². The van der Waals surface area contributed by atoms with Crippen LogP contribution in [0.2, 0.25) is 0 Å². The zero-order valence-electron chi connectivity index (χ0n) is 9.12. The first-order valence-corrected chi connectivity index (χ1v) is 5.09. The molecule has 0 spiro atoms. The summed E-state index contributed by atoms with van der Waals surface area (Å²) in [5.74, 6) is -0.0250. The van der Waals surface area contributed by atoms with Crippen LogP contribution in [0.4, 0.5) is 4.79 Å². The molecule has 1 amide bonds. The number of unbranched alkanes of at least 4 members (excludes halogenated alkanes) is 1. The summed E-state index contributed by atoms with van der Waals surface area (Å²) in [5.41, 5.74) is 0.520. The van der Waals surface area contributed by atoms with Gasteiger partial charge in [-0.2, -0.15) is 0 Å². The average Bonchev–Trinajstić information content (AvgIpc) is 2.30. The molecule has 1 aromatic heterocycles. The van der Waals surface area contributed by atoms with E-state index in [-0.39, 0.29) is 5.84 Å². The molecule has 0 fully saturated rings. The van der Waals surface area contributed by atoms with Gasteiger partial charge in [-0.05, 0) is 18.6 Å². The molecule has 16 heavy (non-hydrogen) atoms. The van der Waals surface area contributed by atoms with Crippen molar-refractivity contribution in [2.75, 3.05) is 6.61 Å². The summed E-state index contributed by atoms with van der Waals surface area (Å²) in [6, 6.07) is 3.22. The van der Waals surface area contributed by atoms with Gasteiger partial charge in [-0.1, -0.05) is 13.3 Å². The monoisotopic (exact) mass is 220 g/mol. The number of rotatable bonds is 4. The lowest BCUT2D eigenvalue weighted by Crippen LogP contribution is -2.31. The lowest BCUT2D eigenvalue weighted by atomic mass is 10.3. The second-order valence-electron chi connectivity index (χ2n) is 3.17. The van der Waals surface area contributed by atoms with Gasteiger partial charge in [-0.3, -0.25) is 15.7 Å². The minimum Gasteiger partial charge on any atom is -0.449 e. The van der Waals surface area contributed by atoms with Crippen molar-refractivity contribution in [2.24, 2.45) is 0 Å². The number of amides is 1. The largest absolute Gasteiger partial charge is 0.449 e. The molecule has 0 aliphatic rings. The number of alkyl carbamates (subject to hydrolysis) is 1. The summed E-state index contributed by atoms with van der Waals surface area (Å²) < 4.78 is 4.86. The second-order valence-corrected chi connectivity index (χ2v) is 3.17. The quantitative estimate of drug-likeness (QED) is 0.461. The lowest BCUT2D eigenvalue weighted by molar-refractivity contribution is 0.150. The van der Waals surface area contributed by atoms with Crippen LogP contribution in [0, 0.1) is 11.6 Å². The van der Waals surface area contributed by atoms with Gasteiger partial charge in [0, 0.05) is 11.8 Å². The molecule has 0 aliphatic carbocycles. The second kappa shape index (κ2) is 6.55. The predicted octanol–water partition coefficient (Wildman–Crippen LogP) is 1.73. The van der Waals surface area contributed by atoms with Crippen molar-refractivity contribution < 1.29 is 9.53 Å². The Morgan fingerprint density at radius 3 is 3.12 bits per heavy atom. The van der Waals surface area contributed by atoms with Crippen LogP contribution in [0.3, 0.4) is 0 Å². The van der Waals surface area contributed by atoms with Crippen molar-refractivity contribution in [1.82, 2.24) is 10.3 Å². The van der Waals surface area contributed by atoms with E-state index in [0.717, 1.165) is 12.8 Å². The number of carbonyl (C=O) groups is 1. The highest BCUT2D eigenvalue weighted by atomic mass is 16.5. The van der Waals surface area contributed by atoms with Crippen molar-refractivity contribution in [3.05, 3.63) is 30.1 Å². The van der Waals surface area contributed by atoms with Gasteiger partial charge in [-0.25, -0.2) is 4.79 Å². The zero-order chi connectivity index (χ0) is 11.8. The van der Waals surface area contributed by atoms with E-state index in [1.54, 1.807) is 12.1 Å². The third-order valence-electron chi connectivity index (χ3n) is 1.86. The van der Waals surface area contributed by atoms with Gasteiger partial charge in [0.15, 0.2) is 0 Å². The molecule has 0 bridgehead atoms. The molecule has 5 nitrogen and oxygen atoms in total. The van der Waals surface area contributed by atoms with E-state index in [1.807, 2.05) is 6.92 Å². The summed E-state index contributed by atoms with van der Waals surface area (Å²) in [6.07, 6.45) is 5.22. The Morgan fingerprint density at radius 1 is 1.69 bits per heavy atom. The average molecular weight is 220 g/mol. The van der Waals surface area contributed by atoms with Crippen molar-refractivity contribution >= 4 is 11.9 Å². The molecule has 0 aromatic carbocycles. The van der Waals surface area contributed by atoms with Gasteiger partial charge in [0.1, 0.15) is 5.84 Å². The normalized spacial score (nSPS) is 9.56. The molecule has 0 unspecified atom stereocenters. The first-order valence-electron chi connectivity index (χ1n) is 5.09. The molecule has 1 heterocycles. The number of pyridine rings is 1. The van der Waals surface area contributed by atoms with Crippen LogP contribution in [0.15, 0.2) is 18.3 Å². The number of hydrogen-bond acceptors (Lipinski definition) is 4. The molecular formula is C11H14N3O2. The summed E-state index contributed by atoms with van der Waals surface area (Å²) in [5, 5.41) is 9.90. The predicted molar refractivity (Wildman–Crippen MR) is 59.3 cm³/mol. The van der Waals surface area contributed by atoms with Crippen LogP contribution < -0.4 is 5.32 Å². The van der Waals surface area contributed by atoms with Crippen molar-refractivity contribution in [3.63, 3.8) is 0 Å². The third kappa shape index (κ3) is 4.08. The fourth-order valence-corrected chi connectivity index (χ4v) is 0.987. The highest BCUT2D eigenvalue weighted by Gasteiger charge is 2.06. The van der Waals surface area contributed by atoms with Gasteiger partial charge in [-0.15, -0.1) is 0 Å². The van der Waals surface area contributed by atoms with Gasteiger partial charge < -0.3 is 4.74 Å². The highest BCUT2D eigenvalue weighted by molar-refractivity contribution is 6.04. The van der Waals surface area contributed by atoms with Crippen molar-refractivity contribution in [3.8, 4) is 0 Å². The minimum atomic E-state index is -0.605. The van der Waals surface area contributed by atoms with Crippen molar-refractivity contribution in [2.45, 2.75) is 19.8 Å². The van der Waals surface area contributed by atoms with E-state index in [1.165, 1.54) is 6.20 Å². The Bertz CT molecular complexity index is 352. The summed E-state index contributed by atoms with van der Waals surface area (Å²) in [4.78, 5) is 14.9. The van der Waals surface area contributed by atoms with Crippen LogP contribution >= 0.6 is 0 Å². The third-order valence-corrected chi connectivity index (χ3v) is 1.86. The number of aromatic nitrogens is 1. The van der Waals surface area contributed by atoms with E-state index in [0.29, 0.717) is 12.2 Å². The number of amidine groups is 1. The van der Waals surface area contributed by atoms with Crippen LogP contribution in [0.1, 0.15) is 25.3 Å². The molecule has 2 N–H and O–H groups in total. The van der Waals surface area contributed by atoms with Gasteiger partial charge in [0.2, 0.25) is 0 Å². The number of nitrogens with zero attached hydrogens (tertiary/aromatic N) is 1. The molecule has 1 radical (unpaired) electrons. The van der Waals surface area contributed by atoms with Gasteiger partial charge >= 0.3 is 6.09 Å². The van der Waals surface area contributed by atoms with Crippen molar-refractivity contribution in [1.29, 1.82) is 5.41 Å². The standard InChI is InChI=1S/C11H14N3O2/c1-2-3-7-16-11(15)14-10(12)9-5-4-6-13-8-9/h4-5,8H,2-3,7H2,1H3,(H2,12,14,15). The van der Waals surface area contributed by atoms with Crippen LogP contribution in [-0.4, -0.2) is 23.5 Å². The molecule has 0 saturated heterocycles. The maximum absolute atomic E-state index is 11.2.